The largest absolute Gasteiger partial charge is 0.481 e. The quantitative estimate of drug-likeness (QED) is 0.605. The SMILES string of the molecule is CCC(CC)(CNC(=O)Nc1ccc(Cl)cc1I)C(=O)O. The fraction of sp³-hybridized carbons (Fsp3) is 0.429. The van der Waals surface area contributed by atoms with Crippen molar-refractivity contribution in [3.05, 3.63) is 26.8 Å². The lowest BCUT2D eigenvalue weighted by molar-refractivity contribution is -0.149. The summed E-state index contributed by atoms with van der Waals surface area (Å²) in [5, 5.41) is 15.2. The Morgan fingerprint density at radius 1 is 1.33 bits per heavy atom. The van der Waals surface area contributed by atoms with Crippen LogP contribution in [0.4, 0.5) is 10.5 Å². The number of benzene rings is 1. The number of nitrogens with one attached hydrogen (secondary N) is 2. The van der Waals surface area contributed by atoms with Crippen LogP contribution in [0.2, 0.25) is 5.02 Å². The molecule has 116 valence electrons. The molecule has 0 aliphatic carbocycles. The molecule has 0 aliphatic rings. The normalized spacial score (nSPS) is 11.0. The summed E-state index contributed by atoms with van der Waals surface area (Å²) >= 11 is 7.92. The fourth-order valence-corrected chi connectivity index (χ4v) is 2.89. The zero-order chi connectivity index (χ0) is 16.0. The van der Waals surface area contributed by atoms with Crippen molar-refractivity contribution in [1.29, 1.82) is 0 Å². The zero-order valence-electron chi connectivity index (χ0n) is 11.9. The maximum Gasteiger partial charge on any atom is 0.319 e. The molecule has 0 aliphatic heterocycles. The summed E-state index contributed by atoms with van der Waals surface area (Å²) in [6.45, 7) is 3.70. The van der Waals surface area contributed by atoms with Gasteiger partial charge in [-0.3, -0.25) is 4.79 Å². The van der Waals surface area contributed by atoms with Gasteiger partial charge >= 0.3 is 12.0 Å². The van der Waals surface area contributed by atoms with E-state index in [4.69, 9.17) is 11.6 Å². The molecule has 1 rings (SSSR count). The van der Waals surface area contributed by atoms with Gasteiger partial charge < -0.3 is 15.7 Å². The number of anilines is 1. The van der Waals surface area contributed by atoms with E-state index in [-0.39, 0.29) is 6.54 Å². The van der Waals surface area contributed by atoms with Crippen LogP contribution in [0.25, 0.3) is 0 Å². The lowest BCUT2D eigenvalue weighted by Crippen LogP contribution is -2.43. The number of rotatable bonds is 6. The highest BCUT2D eigenvalue weighted by Gasteiger charge is 2.35. The highest BCUT2D eigenvalue weighted by Crippen LogP contribution is 2.26. The number of aliphatic carboxylic acids is 1. The Hall–Kier alpha value is -1.02. The van der Waals surface area contributed by atoms with Crippen molar-refractivity contribution >= 4 is 51.9 Å². The number of urea groups is 1. The van der Waals surface area contributed by atoms with E-state index in [0.717, 1.165) is 3.57 Å². The summed E-state index contributed by atoms with van der Waals surface area (Å²) in [6, 6.07) is 4.69. The van der Waals surface area contributed by atoms with Gasteiger partial charge in [0.1, 0.15) is 0 Å². The molecule has 0 aromatic heterocycles. The molecule has 1 aromatic carbocycles. The third kappa shape index (κ3) is 4.74. The van der Waals surface area contributed by atoms with E-state index in [2.05, 4.69) is 33.2 Å². The Labute approximate surface area is 142 Å². The van der Waals surface area contributed by atoms with Gasteiger partial charge in [0.25, 0.3) is 0 Å². The molecule has 0 heterocycles. The summed E-state index contributed by atoms with van der Waals surface area (Å²) < 4.78 is 0.811. The lowest BCUT2D eigenvalue weighted by atomic mass is 9.82. The van der Waals surface area contributed by atoms with Crippen LogP contribution in [0.5, 0.6) is 0 Å². The van der Waals surface area contributed by atoms with Crippen molar-refractivity contribution in [3.63, 3.8) is 0 Å². The van der Waals surface area contributed by atoms with E-state index in [9.17, 15) is 14.7 Å². The first-order valence-electron chi connectivity index (χ1n) is 6.58. The fourth-order valence-electron chi connectivity index (χ4n) is 1.88. The second kappa shape index (κ2) is 7.84. The van der Waals surface area contributed by atoms with Crippen molar-refractivity contribution in [2.75, 3.05) is 11.9 Å². The minimum atomic E-state index is -0.926. The van der Waals surface area contributed by atoms with Gasteiger partial charge in [0.15, 0.2) is 0 Å². The van der Waals surface area contributed by atoms with E-state index >= 15 is 0 Å². The second-order valence-corrected chi connectivity index (χ2v) is 6.32. The summed E-state index contributed by atoms with van der Waals surface area (Å²) in [5.41, 5.74) is -0.295. The number of amides is 2. The number of carboxylic acids is 1. The molecule has 0 bridgehead atoms. The van der Waals surface area contributed by atoms with Gasteiger partial charge in [-0.1, -0.05) is 25.4 Å². The average molecular weight is 425 g/mol. The van der Waals surface area contributed by atoms with Gasteiger partial charge in [0, 0.05) is 15.1 Å². The van der Waals surface area contributed by atoms with Crippen LogP contribution in [-0.4, -0.2) is 23.7 Å². The standard InChI is InChI=1S/C14H18ClIN2O3/c1-3-14(4-2,12(19)20)8-17-13(21)18-11-6-5-9(15)7-10(11)16/h5-7H,3-4,8H2,1-2H3,(H,19,20)(H2,17,18,21). The monoisotopic (exact) mass is 424 g/mol. The Balaban J connectivity index is 2.67. The summed E-state index contributed by atoms with van der Waals surface area (Å²) in [7, 11) is 0. The molecule has 1 aromatic rings. The molecule has 0 saturated heterocycles. The predicted molar refractivity (Wildman–Crippen MR) is 91.8 cm³/mol. The minimum absolute atomic E-state index is 0.0886. The molecule has 21 heavy (non-hydrogen) atoms. The molecule has 0 saturated carbocycles. The predicted octanol–water partition coefficient (Wildman–Crippen LogP) is 3.96. The van der Waals surface area contributed by atoms with Crippen molar-refractivity contribution < 1.29 is 14.7 Å². The van der Waals surface area contributed by atoms with Crippen LogP contribution in [0.3, 0.4) is 0 Å². The molecule has 0 unspecified atom stereocenters. The lowest BCUT2D eigenvalue weighted by Gasteiger charge is -2.26. The molecule has 0 spiro atoms. The average Bonchev–Trinajstić information content (AvgIpc) is 2.43. The Morgan fingerprint density at radius 3 is 2.43 bits per heavy atom. The number of hydrogen-bond donors (Lipinski definition) is 3. The molecule has 3 N–H and O–H groups in total. The second-order valence-electron chi connectivity index (χ2n) is 4.72. The van der Waals surface area contributed by atoms with E-state index < -0.39 is 17.4 Å². The van der Waals surface area contributed by atoms with Crippen LogP contribution in [0.1, 0.15) is 26.7 Å². The molecule has 0 radical (unpaired) electrons. The maximum absolute atomic E-state index is 11.9. The molecule has 0 atom stereocenters. The Kier molecular flexibility index (Phi) is 6.73. The summed E-state index contributed by atoms with van der Waals surface area (Å²) in [6.07, 6.45) is 0.912. The molecule has 5 nitrogen and oxygen atoms in total. The Morgan fingerprint density at radius 2 is 1.95 bits per heavy atom. The number of hydrogen-bond acceptors (Lipinski definition) is 2. The first kappa shape index (κ1) is 18.0. The van der Waals surface area contributed by atoms with E-state index in [1.54, 1.807) is 32.0 Å². The number of carbonyl (C=O) groups is 2. The van der Waals surface area contributed by atoms with Crippen molar-refractivity contribution in [2.45, 2.75) is 26.7 Å². The van der Waals surface area contributed by atoms with Gasteiger partial charge in [0.05, 0.1) is 11.1 Å². The highest BCUT2D eigenvalue weighted by atomic mass is 127. The number of halogens is 2. The number of carbonyl (C=O) groups excluding carboxylic acids is 1. The summed E-state index contributed by atoms with van der Waals surface area (Å²) in [4.78, 5) is 23.3. The first-order valence-corrected chi connectivity index (χ1v) is 8.03. The van der Waals surface area contributed by atoms with Crippen molar-refractivity contribution in [2.24, 2.45) is 5.41 Å². The van der Waals surface area contributed by atoms with Crippen LogP contribution in [-0.2, 0) is 4.79 Å². The number of carboxylic acid groups (broad SMARTS) is 1. The third-order valence-corrected chi connectivity index (χ3v) is 4.70. The molecule has 7 heteroatoms. The zero-order valence-corrected chi connectivity index (χ0v) is 14.8. The van der Waals surface area contributed by atoms with Crippen LogP contribution in [0.15, 0.2) is 18.2 Å². The molecular formula is C14H18ClIN2O3. The van der Waals surface area contributed by atoms with E-state index in [1.165, 1.54) is 0 Å². The van der Waals surface area contributed by atoms with Crippen LogP contribution in [0, 0.1) is 8.99 Å². The minimum Gasteiger partial charge on any atom is -0.481 e. The van der Waals surface area contributed by atoms with Crippen molar-refractivity contribution in [3.8, 4) is 0 Å². The van der Waals surface area contributed by atoms with Crippen molar-refractivity contribution in [1.82, 2.24) is 5.32 Å². The van der Waals surface area contributed by atoms with Gasteiger partial charge in [-0.05, 0) is 53.6 Å². The van der Waals surface area contributed by atoms with Crippen LogP contribution >= 0.6 is 34.2 Å². The first-order chi connectivity index (χ1) is 9.84. The topological polar surface area (TPSA) is 78.4 Å². The highest BCUT2D eigenvalue weighted by molar-refractivity contribution is 14.1. The third-order valence-electron chi connectivity index (χ3n) is 3.57. The van der Waals surface area contributed by atoms with E-state index in [1.807, 2.05) is 0 Å². The van der Waals surface area contributed by atoms with Gasteiger partial charge in [-0.25, -0.2) is 4.79 Å². The molecule has 0 fully saturated rings. The smallest absolute Gasteiger partial charge is 0.319 e. The van der Waals surface area contributed by atoms with Crippen LogP contribution < -0.4 is 10.6 Å². The summed E-state index contributed by atoms with van der Waals surface area (Å²) in [5.74, 6) is -0.895. The van der Waals surface area contributed by atoms with Gasteiger partial charge in [-0.2, -0.15) is 0 Å². The van der Waals surface area contributed by atoms with Gasteiger partial charge in [0.2, 0.25) is 0 Å². The van der Waals surface area contributed by atoms with Gasteiger partial charge in [-0.15, -0.1) is 0 Å². The van der Waals surface area contributed by atoms with E-state index in [0.29, 0.717) is 23.6 Å². The molecule has 2 amide bonds. The maximum atomic E-state index is 11.9. The molecular weight excluding hydrogens is 407 g/mol. The Bertz CT molecular complexity index is 533.